The molecule has 0 radical (unpaired) electrons. The van der Waals surface area contributed by atoms with Crippen LogP contribution in [0.25, 0.3) is 5.57 Å². The summed E-state index contributed by atoms with van der Waals surface area (Å²) in [7, 11) is 1.87. The van der Waals surface area contributed by atoms with Crippen LogP contribution in [-0.2, 0) is 4.79 Å². The number of nitrogens with zero attached hydrogens (tertiary/aromatic N) is 5. The summed E-state index contributed by atoms with van der Waals surface area (Å²) in [5.41, 5.74) is 1.61. The summed E-state index contributed by atoms with van der Waals surface area (Å²) in [4.78, 5) is 16.8. The molecule has 1 amide bonds. The SMILES string of the molecule is CC(=C/C=C(\C)c1nn[nH]n1)N1CN(C)C(=O)C12CCNCC2. The third kappa shape index (κ3) is 2.74. The van der Waals surface area contributed by atoms with Gasteiger partial charge in [-0.25, -0.2) is 0 Å². The molecule has 0 bridgehead atoms. The second-order valence-corrected chi connectivity index (χ2v) is 6.25. The molecule has 1 aromatic rings. The molecule has 3 rings (SSSR count). The van der Waals surface area contributed by atoms with Crippen molar-refractivity contribution in [1.82, 2.24) is 35.7 Å². The fraction of sp³-hybridized carbons (Fsp3) is 0.600. The van der Waals surface area contributed by atoms with Crippen LogP contribution in [-0.4, -0.2) is 68.7 Å². The van der Waals surface area contributed by atoms with Crippen LogP contribution in [0.3, 0.4) is 0 Å². The predicted molar refractivity (Wildman–Crippen MR) is 85.9 cm³/mol. The normalized spacial score (nSPS) is 22.3. The van der Waals surface area contributed by atoms with Crippen molar-refractivity contribution in [2.24, 2.45) is 0 Å². The molecule has 1 aromatic heterocycles. The summed E-state index contributed by atoms with van der Waals surface area (Å²) < 4.78 is 0. The lowest BCUT2D eigenvalue weighted by Crippen LogP contribution is -2.54. The van der Waals surface area contributed by atoms with Gasteiger partial charge < -0.3 is 15.1 Å². The average molecular weight is 317 g/mol. The Balaban J connectivity index is 1.85. The second-order valence-electron chi connectivity index (χ2n) is 6.25. The van der Waals surface area contributed by atoms with Gasteiger partial charge in [0.15, 0.2) is 5.82 Å². The lowest BCUT2D eigenvalue weighted by atomic mass is 9.86. The Morgan fingerprint density at radius 3 is 2.65 bits per heavy atom. The molecule has 0 atom stereocenters. The van der Waals surface area contributed by atoms with Crippen molar-refractivity contribution in [2.75, 3.05) is 26.8 Å². The van der Waals surface area contributed by atoms with Crippen molar-refractivity contribution in [1.29, 1.82) is 0 Å². The molecule has 8 heteroatoms. The molecule has 1 spiro atoms. The van der Waals surface area contributed by atoms with E-state index in [4.69, 9.17) is 0 Å². The Morgan fingerprint density at radius 2 is 2.00 bits per heavy atom. The molecule has 8 nitrogen and oxygen atoms in total. The first kappa shape index (κ1) is 15.7. The number of rotatable bonds is 3. The van der Waals surface area contributed by atoms with E-state index in [1.807, 2.05) is 31.0 Å². The zero-order valence-corrected chi connectivity index (χ0v) is 13.8. The molecule has 3 heterocycles. The molecule has 2 saturated heterocycles. The Kier molecular flexibility index (Phi) is 4.16. The Labute approximate surface area is 135 Å². The molecule has 0 saturated carbocycles. The fourth-order valence-corrected chi connectivity index (χ4v) is 3.39. The van der Waals surface area contributed by atoms with E-state index in [1.54, 1.807) is 0 Å². The van der Waals surface area contributed by atoms with Crippen molar-refractivity contribution >= 4 is 11.5 Å². The van der Waals surface area contributed by atoms with Crippen LogP contribution in [0.4, 0.5) is 0 Å². The largest absolute Gasteiger partial charge is 0.343 e. The standard InChI is InChI=1S/C15H23N7O/c1-11(13-17-19-20-18-13)4-5-12(2)22-10-21(3)14(23)15(22)6-8-16-9-7-15/h4-5,16H,6-10H2,1-3H3,(H,17,18,19,20)/b11-4+,12-5?. The van der Waals surface area contributed by atoms with E-state index in [2.05, 4.69) is 37.8 Å². The summed E-state index contributed by atoms with van der Waals surface area (Å²) in [5, 5.41) is 17.3. The molecule has 0 aliphatic carbocycles. The molecule has 124 valence electrons. The fourth-order valence-electron chi connectivity index (χ4n) is 3.39. The van der Waals surface area contributed by atoms with Crippen LogP contribution in [0.1, 0.15) is 32.5 Å². The van der Waals surface area contributed by atoms with Gasteiger partial charge in [0.1, 0.15) is 5.54 Å². The smallest absolute Gasteiger partial charge is 0.249 e. The molecule has 0 unspecified atom stereocenters. The first-order chi connectivity index (χ1) is 11.0. The summed E-state index contributed by atoms with van der Waals surface area (Å²) >= 11 is 0. The molecule has 0 aromatic carbocycles. The van der Waals surface area contributed by atoms with Crippen LogP contribution in [0.15, 0.2) is 17.8 Å². The maximum absolute atomic E-state index is 12.7. The predicted octanol–water partition coefficient (Wildman–Crippen LogP) is 0.361. The van der Waals surface area contributed by atoms with Crippen LogP contribution in [0.5, 0.6) is 0 Å². The van der Waals surface area contributed by atoms with E-state index >= 15 is 0 Å². The Bertz CT molecular complexity index is 628. The number of piperidine rings is 1. The third-order valence-electron chi connectivity index (χ3n) is 4.74. The summed E-state index contributed by atoms with van der Waals surface area (Å²) in [6.45, 7) is 6.38. The van der Waals surface area contributed by atoms with E-state index in [1.165, 1.54) is 0 Å². The van der Waals surface area contributed by atoms with Crippen LogP contribution in [0, 0.1) is 0 Å². The van der Waals surface area contributed by atoms with Crippen molar-refractivity contribution < 1.29 is 4.79 Å². The quantitative estimate of drug-likeness (QED) is 0.783. The first-order valence-electron chi connectivity index (χ1n) is 7.87. The van der Waals surface area contributed by atoms with E-state index in [0.717, 1.165) is 37.2 Å². The van der Waals surface area contributed by atoms with Crippen molar-refractivity contribution in [3.05, 3.63) is 23.7 Å². The number of carbonyl (C=O) groups is 1. The maximum Gasteiger partial charge on any atom is 0.249 e. The number of aromatic amines is 1. The van der Waals surface area contributed by atoms with Crippen molar-refractivity contribution in [3.8, 4) is 0 Å². The highest BCUT2D eigenvalue weighted by Crippen LogP contribution is 2.36. The van der Waals surface area contributed by atoms with Gasteiger partial charge in [-0.1, -0.05) is 6.08 Å². The van der Waals surface area contributed by atoms with Gasteiger partial charge in [-0.15, -0.1) is 10.2 Å². The van der Waals surface area contributed by atoms with Gasteiger partial charge >= 0.3 is 0 Å². The van der Waals surface area contributed by atoms with Crippen LogP contribution >= 0.6 is 0 Å². The lowest BCUT2D eigenvalue weighted by Gasteiger charge is -2.40. The molecular weight excluding hydrogens is 294 g/mol. The summed E-state index contributed by atoms with van der Waals surface area (Å²) in [5.74, 6) is 0.811. The number of hydrogen-bond donors (Lipinski definition) is 2. The van der Waals surface area contributed by atoms with Gasteiger partial charge in [0.2, 0.25) is 5.91 Å². The highest BCUT2D eigenvalue weighted by atomic mass is 16.2. The van der Waals surface area contributed by atoms with E-state index < -0.39 is 5.54 Å². The average Bonchev–Trinajstić information content (AvgIpc) is 3.17. The Morgan fingerprint density at radius 1 is 1.26 bits per heavy atom. The monoisotopic (exact) mass is 317 g/mol. The second kappa shape index (κ2) is 6.11. The summed E-state index contributed by atoms with van der Waals surface area (Å²) in [6.07, 6.45) is 5.68. The minimum absolute atomic E-state index is 0.227. The molecular formula is C15H23N7O. The maximum atomic E-state index is 12.7. The number of tetrazole rings is 1. The minimum atomic E-state index is -0.394. The molecule has 2 N–H and O–H groups in total. The van der Waals surface area contributed by atoms with Crippen molar-refractivity contribution in [2.45, 2.75) is 32.2 Å². The van der Waals surface area contributed by atoms with Gasteiger partial charge in [-0.2, -0.15) is 5.21 Å². The molecule has 2 aliphatic rings. The van der Waals surface area contributed by atoms with Gasteiger partial charge in [0, 0.05) is 12.7 Å². The first-order valence-corrected chi connectivity index (χ1v) is 7.87. The highest BCUT2D eigenvalue weighted by molar-refractivity contribution is 5.88. The molecule has 2 aliphatic heterocycles. The van der Waals surface area contributed by atoms with Gasteiger partial charge in [-0.3, -0.25) is 4.79 Å². The van der Waals surface area contributed by atoms with Gasteiger partial charge in [0.05, 0.1) is 6.67 Å². The number of aromatic nitrogens is 4. The lowest BCUT2D eigenvalue weighted by molar-refractivity contribution is -0.133. The third-order valence-corrected chi connectivity index (χ3v) is 4.74. The Hall–Kier alpha value is -2.22. The molecule has 23 heavy (non-hydrogen) atoms. The van der Waals surface area contributed by atoms with E-state index in [0.29, 0.717) is 12.5 Å². The van der Waals surface area contributed by atoms with E-state index in [9.17, 15) is 4.79 Å². The number of hydrogen-bond acceptors (Lipinski definition) is 6. The minimum Gasteiger partial charge on any atom is -0.343 e. The number of carbonyl (C=O) groups excluding carboxylic acids is 1. The number of likely N-dealkylation sites (N-methyl/N-ethyl adjacent to an activating group) is 1. The number of amides is 1. The molecule has 2 fully saturated rings. The van der Waals surface area contributed by atoms with E-state index in [-0.39, 0.29) is 5.91 Å². The number of nitrogens with one attached hydrogen (secondary N) is 2. The van der Waals surface area contributed by atoms with Crippen LogP contribution in [0.2, 0.25) is 0 Å². The van der Waals surface area contributed by atoms with Gasteiger partial charge in [-0.05, 0) is 56.6 Å². The number of allylic oxidation sites excluding steroid dienone is 4. The zero-order valence-electron chi connectivity index (χ0n) is 13.8. The topological polar surface area (TPSA) is 90.0 Å². The van der Waals surface area contributed by atoms with Gasteiger partial charge in [0.25, 0.3) is 0 Å². The van der Waals surface area contributed by atoms with Crippen LogP contribution < -0.4 is 5.32 Å². The van der Waals surface area contributed by atoms with Crippen molar-refractivity contribution in [3.63, 3.8) is 0 Å². The number of H-pyrrole nitrogens is 1. The summed E-state index contributed by atoms with van der Waals surface area (Å²) in [6, 6.07) is 0. The zero-order chi connectivity index (χ0) is 16.4. The highest BCUT2D eigenvalue weighted by Gasteiger charge is 2.51.